The van der Waals surface area contributed by atoms with Crippen molar-refractivity contribution in [1.82, 2.24) is 16.0 Å². The zero-order valence-electron chi connectivity index (χ0n) is 16.5. The molecule has 29 heavy (non-hydrogen) atoms. The van der Waals surface area contributed by atoms with Gasteiger partial charge in [0.05, 0.1) is 12.1 Å². The van der Waals surface area contributed by atoms with E-state index in [1.165, 1.54) is 0 Å². The van der Waals surface area contributed by atoms with Crippen LogP contribution in [-0.2, 0) is 20.8 Å². The highest BCUT2D eigenvalue weighted by molar-refractivity contribution is 5.91. The van der Waals surface area contributed by atoms with E-state index in [1.807, 2.05) is 30.3 Å². The molecule has 1 fully saturated rings. The number of nitrogens with two attached hydrogens (primary N) is 2. The van der Waals surface area contributed by atoms with Crippen molar-refractivity contribution in [2.24, 2.45) is 16.5 Å². The number of aldehydes is 1. The van der Waals surface area contributed by atoms with Gasteiger partial charge in [-0.2, -0.15) is 0 Å². The average Bonchev–Trinajstić information content (AvgIpc) is 3.25. The van der Waals surface area contributed by atoms with Crippen LogP contribution in [-0.4, -0.2) is 55.3 Å². The zero-order chi connectivity index (χ0) is 21.1. The lowest BCUT2D eigenvalue weighted by Gasteiger charge is -2.22. The van der Waals surface area contributed by atoms with E-state index in [4.69, 9.17) is 11.5 Å². The van der Waals surface area contributed by atoms with Gasteiger partial charge in [0.15, 0.2) is 5.96 Å². The summed E-state index contributed by atoms with van der Waals surface area (Å²) in [6.45, 7) is 1.16. The predicted octanol–water partition coefficient (Wildman–Crippen LogP) is -0.797. The van der Waals surface area contributed by atoms with Gasteiger partial charge in [-0.1, -0.05) is 30.3 Å². The van der Waals surface area contributed by atoms with Crippen molar-refractivity contribution in [3.05, 3.63) is 35.9 Å². The number of carbonyl (C=O) groups is 3. The van der Waals surface area contributed by atoms with Gasteiger partial charge >= 0.3 is 0 Å². The Morgan fingerprint density at radius 2 is 2.00 bits per heavy atom. The number of guanidine groups is 1. The van der Waals surface area contributed by atoms with Gasteiger partial charge in [0.2, 0.25) is 11.8 Å². The van der Waals surface area contributed by atoms with E-state index in [-0.39, 0.29) is 23.8 Å². The Labute approximate surface area is 170 Å². The van der Waals surface area contributed by atoms with Gasteiger partial charge < -0.3 is 32.2 Å². The van der Waals surface area contributed by atoms with E-state index in [9.17, 15) is 14.4 Å². The van der Waals surface area contributed by atoms with Crippen LogP contribution < -0.4 is 27.4 Å². The van der Waals surface area contributed by atoms with Crippen LogP contribution in [0.5, 0.6) is 0 Å². The second kappa shape index (κ2) is 11.8. The van der Waals surface area contributed by atoms with E-state index in [2.05, 4.69) is 20.9 Å². The summed E-state index contributed by atoms with van der Waals surface area (Å²) in [6, 6.07) is 7.70. The van der Waals surface area contributed by atoms with Crippen LogP contribution in [0.25, 0.3) is 0 Å². The van der Waals surface area contributed by atoms with Gasteiger partial charge in [-0.3, -0.25) is 14.6 Å². The Balaban J connectivity index is 1.98. The second-order valence-electron chi connectivity index (χ2n) is 7.10. The van der Waals surface area contributed by atoms with E-state index in [0.29, 0.717) is 32.1 Å². The standard InChI is InChI=1S/C20H30N6O3/c21-20(22)24-11-4-8-15(13-27)25-19(29)17(12-14-6-2-1-3-7-14)26-18(28)16-9-5-10-23-16/h1-3,6-7,13,15-17,23H,4-5,8-12H2,(H,25,29)(H,26,28)(H4,21,22,24)/t15-,16?,17-/m0/s1. The fourth-order valence-corrected chi connectivity index (χ4v) is 3.22. The zero-order valence-corrected chi connectivity index (χ0v) is 16.5. The number of amides is 2. The van der Waals surface area contributed by atoms with Gasteiger partial charge in [0, 0.05) is 13.0 Å². The lowest BCUT2D eigenvalue weighted by atomic mass is 10.0. The van der Waals surface area contributed by atoms with Crippen LogP contribution in [0.1, 0.15) is 31.2 Å². The molecular formula is C20H30N6O3. The first-order valence-electron chi connectivity index (χ1n) is 9.88. The monoisotopic (exact) mass is 402 g/mol. The molecule has 158 valence electrons. The first-order chi connectivity index (χ1) is 14.0. The molecule has 7 N–H and O–H groups in total. The molecule has 3 atom stereocenters. The molecule has 1 aliphatic rings. The van der Waals surface area contributed by atoms with Crippen molar-refractivity contribution in [2.45, 2.75) is 50.2 Å². The summed E-state index contributed by atoms with van der Waals surface area (Å²) in [7, 11) is 0. The number of carbonyl (C=O) groups excluding carboxylic acids is 3. The highest BCUT2D eigenvalue weighted by Gasteiger charge is 2.28. The fraction of sp³-hybridized carbons (Fsp3) is 0.500. The minimum Gasteiger partial charge on any atom is -0.370 e. The van der Waals surface area contributed by atoms with Crippen LogP contribution in [0, 0.1) is 0 Å². The fourth-order valence-electron chi connectivity index (χ4n) is 3.22. The molecule has 0 aromatic heterocycles. The third-order valence-electron chi connectivity index (χ3n) is 4.75. The van der Waals surface area contributed by atoms with E-state index in [0.717, 1.165) is 24.9 Å². The first-order valence-corrected chi connectivity index (χ1v) is 9.88. The van der Waals surface area contributed by atoms with E-state index >= 15 is 0 Å². The van der Waals surface area contributed by atoms with E-state index in [1.54, 1.807) is 0 Å². The normalized spacial score (nSPS) is 17.7. The van der Waals surface area contributed by atoms with E-state index < -0.39 is 12.1 Å². The Morgan fingerprint density at radius 3 is 2.62 bits per heavy atom. The van der Waals surface area contributed by atoms with Gasteiger partial charge in [-0.15, -0.1) is 0 Å². The van der Waals surface area contributed by atoms with Gasteiger partial charge in [-0.25, -0.2) is 0 Å². The minimum atomic E-state index is -0.771. The highest BCUT2D eigenvalue weighted by Crippen LogP contribution is 2.08. The van der Waals surface area contributed by atoms with Crippen molar-refractivity contribution in [1.29, 1.82) is 0 Å². The van der Waals surface area contributed by atoms with Gasteiger partial charge in [-0.05, 0) is 37.8 Å². The first kappa shape index (κ1) is 22.4. The summed E-state index contributed by atoms with van der Waals surface area (Å²) in [6.07, 6.45) is 3.65. The lowest BCUT2D eigenvalue weighted by Crippen LogP contribution is -2.54. The molecule has 0 bridgehead atoms. The topological polar surface area (TPSA) is 152 Å². The number of benzene rings is 1. The number of rotatable bonds is 11. The third kappa shape index (κ3) is 7.90. The maximum absolute atomic E-state index is 12.8. The maximum atomic E-state index is 12.8. The minimum absolute atomic E-state index is 0.0113. The molecule has 9 nitrogen and oxygen atoms in total. The van der Waals surface area contributed by atoms with Gasteiger partial charge in [0.25, 0.3) is 0 Å². The van der Waals surface area contributed by atoms with Crippen LogP contribution in [0.4, 0.5) is 0 Å². The van der Waals surface area contributed by atoms with Crippen molar-refractivity contribution >= 4 is 24.1 Å². The molecule has 1 unspecified atom stereocenters. The SMILES string of the molecule is NC(N)=NCCC[C@@H](C=O)NC(=O)[C@H](Cc1ccccc1)NC(=O)C1CCCN1. The van der Waals surface area contributed by atoms with Gasteiger partial charge in [0.1, 0.15) is 12.3 Å². The molecule has 0 radical (unpaired) electrons. The molecule has 0 aliphatic carbocycles. The molecule has 1 aromatic rings. The van der Waals surface area contributed by atoms with Crippen LogP contribution >= 0.6 is 0 Å². The summed E-state index contributed by atoms with van der Waals surface area (Å²) in [5.74, 6) is -0.601. The largest absolute Gasteiger partial charge is 0.370 e. The summed E-state index contributed by atoms with van der Waals surface area (Å²) in [5, 5.41) is 8.68. The smallest absolute Gasteiger partial charge is 0.243 e. The maximum Gasteiger partial charge on any atom is 0.243 e. The molecule has 1 aromatic carbocycles. The predicted molar refractivity (Wildman–Crippen MR) is 111 cm³/mol. The number of nitrogens with zero attached hydrogens (tertiary/aromatic N) is 1. The van der Waals surface area contributed by atoms with Crippen molar-refractivity contribution in [3.63, 3.8) is 0 Å². The number of aliphatic imine (C=N–C) groups is 1. The quantitative estimate of drug-likeness (QED) is 0.141. The molecule has 0 spiro atoms. The number of nitrogens with one attached hydrogen (secondary N) is 3. The molecule has 0 saturated carbocycles. The number of hydrogen-bond acceptors (Lipinski definition) is 5. The second-order valence-corrected chi connectivity index (χ2v) is 7.10. The summed E-state index contributed by atoms with van der Waals surface area (Å²) < 4.78 is 0. The van der Waals surface area contributed by atoms with Crippen molar-refractivity contribution < 1.29 is 14.4 Å². The summed E-state index contributed by atoms with van der Waals surface area (Å²) in [5.41, 5.74) is 11.5. The molecule has 9 heteroatoms. The van der Waals surface area contributed by atoms with Crippen LogP contribution in [0.3, 0.4) is 0 Å². The summed E-state index contributed by atoms with van der Waals surface area (Å²) >= 11 is 0. The summed E-state index contributed by atoms with van der Waals surface area (Å²) in [4.78, 5) is 40.6. The molecular weight excluding hydrogens is 372 g/mol. The third-order valence-corrected chi connectivity index (χ3v) is 4.75. The Hall–Kier alpha value is -2.94. The van der Waals surface area contributed by atoms with Crippen molar-refractivity contribution in [2.75, 3.05) is 13.1 Å². The molecule has 2 rings (SSSR count). The van der Waals surface area contributed by atoms with Crippen molar-refractivity contribution in [3.8, 4) is 0 Å². The molecule has 2 amide bonds. The molecule has 1 saturated heterocycles. The van der Waals surface area contributed by atoms with Crippen LogP contribution in [0.2, 0.25) is 0 Å². The highest BCUT2D eigenvalue weighted by atomic mass is 16.2. The number of hydrogen-bond donors (Lipinski definition) is 5. The van der Waals surface area contributed by atoms with Crippen LogP contribution in [0.15, 0.2) is 35.3 Å². The Bertz CT molecular complexity index is 699. The Kier molecular flexibility index (Phi) is 9.10. The average molecular weight is 402 g/mol. The molecule has 1 aliphatic heterocycles. The Morgan fingerprint density at radius 1 is 1.24 bits per heavy atom. The lowest BCUT2D eigenvalue weighted by molar-refractivity contribution is -0.130. The molecule has 1 heterocycles.